The summed E-state index contributed by atoms with van der Waals surface area (Å²) in [6.07, 6.45) is 4.48. The molecule has 0 amide bonds. The quantitative estimate of drug-likeness (QED) is 0.701. The van der Waals surface area contributed by atoms with Crippen molar-refractivity contribution in [3.05, 3.63) is 24.3 Å². The van der Waals surface area contributed by atoms with Crippen molar-refractivity contribution < 1.29 is 13.2 Å². The second kappa shape index (κ2) is 9.67. The third-order valence-corrected chi connectivity index (χ3v) is 7.95. The fourth-order valence-electron chi connectivity index (χ4n) is 4.29. The lowest BCUT2D eigenvalue weighted by Gasteiger charge is -2.37. The van der Waals surface area contributed by atoms with Crippen LogP contribution >= 0.6 is 0 Å². The molecule has 3 rings (SSSR count). The Hall–Kier alpha value is -1.31. The van der Waals surface area contributed by atoms with E-state index in [9.17, 15) is 8.42 Å². The summed E-state index contributed by atoms with van der Waals surface area (Å²) < 4.78 is 32.8. The number of rotatable bonds is 7. The van der Waals surface area contributed by atoms with Gasteiger partial charge in [-0.3, -0.25) is 0 Å². The lowest BCUT2D eigenvalue weighted by atomic mass is 9.86. The lowest BCUT2D eigenvalue weighted by molar-refractivity contribution is -0.00521. The molecule has 2 N–H and O–H groups in total. The van der Waals surface area contributed by atoms with Gasteiger partial charge in [-0.05, 0) is 83.6 Å². The highest BCUT2D eigenvalue weighted by molar-refractivity contribution is 7.90. The van der Waals surface area contributed by atoms with E-state index in [4.69, 9.17) is 4.74 Å². The van der Waals surface area contributed by atoms with Gasteiger partial charge in [0.1, 0.15) is 0 Å². The second-order valence-electron chi connectivity index (χ2n) is 9.02. The average molecular weight is 424 g/mol. The van der Waals surface area contributed by atoms with E-state index in [1.165, 1.54) is 5.69 Å². The highest BCUT2D eigenvalue weighted by Gasteiger charge is 2.26. The zero-order valence-corrected chi connectivity index (χ0v) is 19.0. The largest absolute Gasteiger partial charge is 0.385 e. The van der Waals surface area contributed by atoms with E-state index in [0.29, 0.717) is 5.92 Å². The van der Waals surface area contributed by atoms with Crippen molar-refractivity contribution in [1.29, 1.82) is 0 Å². The SMILES string of the molecule is CC(C)S(=O)(=O)N[C@H]1CC[C@H](CNc2ccc(N3C[C@@H](C)O[C@@H](C)C3)cc2)CC1. The first kappa shape index (κ1) is 22.4. The molecular formula is C22H37N3O3S. The Morgan fingerprint density at radius 3 is 2.17 bits per heavy atom. The van der Waals surface area contributed by atoms with Crippen LogP contribution in [-0.4, -0.2) is 51.6 Å². The number of ether oxygens (including phenoxy) is 1. The topological polar surface area (TPSA) is 70.7 Å². The summed E-state index contributed by atoms with van der Waals surface area (Å²) in [6, 6.07) is 8.77. The second-order valence-corrected chi connectivity index (χ2v) is 11.3. The van der Waals surface area contributed by atoms with Gasteiger partial charge in [0.2, 0.25) is 10.0 Å². The number of morpholine rings is 1. The van der Waals surface area contributed by atoms with Crippen LogP contribution in [0, 0.1) is 5.92 Å². The summed E-state index contributed by atoms with van der Waals surface area (Å²) in [4.78, 5) is 2.39. The van der Waals surface area contributed by atoms with Crippen LogP contribution in [0.5, 0.6) is 0 Å². The van der Waals surface area contributed by atoms with Gasteiger partial charge in [0.05, 0.1) is 17.5 Å². The fraction of sp³-hybridized carbons (Fsp3) is 0.727. The van der Waals surface area contributed by atoms with Gasteiger partial charge >= 0.3 is 0 Å². The summed E-state index contributed by atoms with van der Waals surface area (Å²) in [6.45, 7) is 10.5. The molecule has 1 saturated carbocycles. The van der Waals surface area contributed by atoms with Crippen molar-refractivity contribution in [2.24, 2.45) is 5.92 Å². The minimum atomic E-state index is -3.17. The molecular weight excluding hydrogens is 386 g/mol. The van der Waals surface area contributed by atoms with Crippen LogP contribution in [0.1, 0.15) is 53.4 Å². The number of hydrogen-bond donors (Lipinski definition) is 2. The molecule has 164 valence electrons. The molecule has 6 nitrogen and oxygen atoms in total. The Labute approximate surface area is 176 Å². The van der Waals surface area contributed by atoms with E-state index in [0.717, 1.165) is 51.0 Å². The molecule has 1 aliphatic heterocycles. The zero-order valence-electron chi connectivity index (χ0n) is 18.2. The van der Waals surface area contributed by atoms with Gasteiger partial charge in [-0.1, -0.05) is 0 Å². The predicted octanol–water partition coefficient (Wildman–Crippen LogP) is 3.60. The number of nitrogens with one attached hydrogen (secondary N) is 2. The van der Waals surface area contributed by atoms with Crippen molar-refractivity contribution >= 4 is 21.4 Å². The molecule has 1 aromatic rings. The van der Waals surface area contributed by atoms with Gasteiger partial charge < -0.3 is 15.0 Å². The maximum Gasteiger partial charge on any atom is 0.214 e. The molecule has 2 aliphatic rings. The molecule has 1 aromatic carbocycles. The highest BCUT2D eigenvalue weighted by atomic mass is 32.2. The Balaban J connectivity index is 1.43. The normalized spacial score (nSPS) is 28.5. The molecule has 0 spiro atoms. The van der Waals surface area contributed by atoms with Crippen molar-refractivity contribution in [2.45, 2.75) is 76.9 Å². The molecule has 1 saturated heterocycles. The minimum absolute atomic E-state index is 0.0937. The summed E-state index contributed by atoms with van der Waals surface area (Å²) >= 11 is 0. The smallest absolute Gasteiger partial charge is 0.214 e. The van der Waals surface area contributed by atoms with Crippen molar-refractivity contribution in [2.75, 3.05) is 29.9 Å². The lowest BCUT2D eigenvalue weighted by Crippen LogP contribution is -2.45. The van der Waals surface area contributed by atoms with Crippen LogP contribution in [0.3, 0.4) is 0 Å². The molecule has 7 heteroatoms. The molecule has 0 aromatic heterocycles. The van der Waals surface area contributed by atoms with E-state index in [-0.39, 0.29) is 23.5 Å². The van der Waals surface area contributed by atoms with E-state index in [1.807, 2.05) is 0 Å². The Bertz CT molecular complexity index is 733. The van der Waals surface area contributed by atoms with Crippen LogP contribution in [0.15, 0.2) is 24.3 Å². The summed E-state index contributed by atoms with van der Waals surface area (Å²) in [7, 11) is -3.17. The summed E-state index contributed by atoms with van der Waals surface area (Å²) in [5.74, 6) is 0.593. The van der Waals surface area contributed by atoms with Crippen LogP contribution < -0.4 is 14.9 Å². The molecule has 0 bridgehead atoms. The van der Waals surface area contributed by atoms with Crippen LogP contribution in [-0.2, 0) is 14.8 Å². The van der Waals surface area contributed by atoms with Crippen LogP contribution in [0.25, 0.3) is 0 Å². The number of hydrogen-bond acceptors (Lipinski definition) is 5. The van der Waals surface area contributed by atoms with E-state index >= 15 is 0 Å². The van der Waals surface area contributed by atoms with Gasteiger partial charge in [-0.2, -0.15) is 0 Å². The fourth-order valence-corrected chi connectivity index (χ4v) is 5.27. The number of sulfonamides is 1. The van der Waals surface area contributed by atoms with E-state index in [2.05, 4.69) is 53.1 Å². The number of nitrogens with zero attached hydrogens (tertiary/aromatic N) is 1. The maximum absolute atomic E-state index is 12.0. The monoisotopic (exact) mass is 423 g/mol. The Morgan fingerprint density at radius 1 is 1.03 bits per heavy atom. The van der Waals surface area contributed by atoms with E-state index in [1.54, 1.807) is 13.8 Å². The van der Waals surface area contributed by atoms with Crippen LogP contribution in [0.2, 0.25) is 0 Å². The molecule has 0 radical (unpaired) electrons. The zero-order chi connectivity index (χ0) is 21.0. The Morgan fingerprint density at radius 2 is 1.62 bits per heavy atom. The maximum atomic E-state index is 12.0. The third-order valence-electron chi connectivity index (χ3n) is 6.05. The van der Waals surface area contributed by atoms with Crippen molar-refractivity contribution in [1.82, 2.24) is 4.72 Å². The predicted molar refractivity (Wildman–Crippen MR) is 120 cm³/mol. The Kier molecular flexibility index (Phi) is 7.46. The first-order valence-corrected chi connectivity index (χ1v) is 12.5. The first-order chi connectivity index (χ1) is 13.7. The van der Waals surface area contributed by atoms with Gasteiger partial charge in [-0.15, -0.1) is 0 Å². The molecule has 2 atom stereocenters. The molecule has 29 heavy (non-hydrogen) atoms. The number of anilines is 2. The highest BCUT2D eigenvalue weighted by Crippen LogP contribution is 2.26. The van der Waals surface area contributed by atoms with Gasteiger partial charge in [-0.25, -0.2) is 13.1 Å². The molecule has 2 fully saturated rings. The van der Waals surface area contributed by atoms with E-state index < -0.39 is 10.0 Å². The van der Waals surface area contributed by atoms with Gasteiger partial charge in [0.15, 0.2) is 0 Å². The van der Waals surface area contributed by atoms with Crippen molar-refractivity contribution in [3.8, 4) is 0 Å². The standard InChI is InChI=1S/C22H37N3O3S/c1-16(2)29(26,27)24-21-7-5-19(6-8-21)13-23-20-9-11-22(12-10-20)25-14-17(3)28-18(4)15-25/h9-12,16-19,21,23-24H,5-8,13-15H2,1-4H3/t17-,18+,19-,21-. The first-order valence-electron chi connectivity index (χ1n) is 11.0. The third kappa shape index (κ3) is 6.33. The van der Waals surface area contributed by atoms with Gasteiger partial charge in [0.25, 0.3) is 0 Å². The summed E-state index contributed by atoms with van der Waals surface area (Å²) in [5, 5.41) is 3.19. The number of benzene rings is 1. The molecule has 1 aliphatic carbocycles. The molecule has 0 unspecified atom stereocenters. The summed E-state index contributed by atoms with van der Waals surface area (Å²) in [5.41, 5.74) is 2.39. The van der Waals surface area contributed by atoms with Crippen LogP contribution in [0.4, 0.5) is 11.4 Å². The van der Waals surface area contributed by atoms with Gasteiger partial charge in [0, 0.05) is 37.1 Å². The molecule has 1 heterocycles. The average Bonchev–Trinajstić information content (AvgIpc) is 2.67. The minimum Gasteiger partial charge on any atom is -0.385 e. The van der Waals surface area contributed by atoms with Crippen molar-refractivity contribution in [3.63, 3.8) is 0 Å².